The Bertz CT molecular complexity index is 6430. The molecule has 0 bridgehead atoms. The molecule has 20 rings (SSSR count). The van der Waals surface area contributed by atoms with Gasteiger partial charge in [-0.3, -0.25) is 0 Å². The number of hydrogen-bond acceptors (Lipinski definition) is 0. The Labute approximate surface area is 579 Å². The molecule has 0 atom stereocenters. The van der Waals surface area contributed by atoms with Gasteiger partial charge in [-0.05, 0) is 146 Å². The van der Waals surface area contributed by atoms with Crippen LogP contribution in [0.5, 0.6) is 0 Å². The molecule has 16 aromatic carbocycles. The minimum atomic E-state index is 1.14. The van der Waals surface area contributed by atoms with Crippen LogP contribution in [0.4, 0.5) is 0 Å². The molecule has 4 aromatic heterocycles. The van der Waals surface area contributed by atoms with E-state index in [1.54, 1.807) is 0 Å². The molecular formula is C96H64N4. The van der Waals surface area contributed by atoms with Crippen LogP contribution in [0, 0.1) is 0 Å². The van der Waals surface area contributed by atoms with Crippen molar-refractivity contribution < 1.29 is 0 Å². The first-order valence-corrected chi connectivity index (χ1v) is 34.4. The molecule has 4 heterocycles. The molecule has 0 fully saturated rings. The Kier molecular flexibility index (Phi) is 14.2. The highest BCUT2D eigenvalue weighted by molar-refractivity contribution is 6.26. The minimum absolute atomic E-state index is 1.14. The van der Waals surface area contributed by atoms with Crippen LogP contribution in [-0.2, 0) is 0 Å². The highest BCUT2D eigenvalue weighted by Gasteiger charge is 2.24. The van der Waals surface area contributed by atoms with E-state index >= 15 is 0 Å². The second-order valence-electron chi connectivity index (χ2n) is 25.9. The zero-order valence-electron chi connectivity index (χ0n) is 54.7. The van der Waals surface area contributed by atoms with Crippen molar-refractivity contribution in [2.24, 2.45) is 0 Å². The Balaban J connectivity index is 0.000000139. The molecule has 100 heavy (non-hydrogen) atoms. The minimum Gasteiger partial charge on any atom is -0.307 e. The molecule has 4 heteroatoms. The average molecular weight is 1270 g/mol. The summed E-state index contributed by atoms with van der Waals surface area (Å²) in [6.45, 7) is 0. The normalized spacial score (nSPS) is 11.6. The Morgan fingerprint density at radius 3 is 0.680 bits per heavy atom. The van der Waals surface area contributed by atoms with Gasteiger partial charge in [-0.2, -0.15) is 0 Å². The number of hydrogen-bond donors (Lipinski definition) is 0. The standard InChI is InChI=1S/2C48H32N2/c1-4-13-33(14-5-1)36-17-12-18-37(31-36)35-23-26-40(27-24-35)49-45-22-11-10-21-41(45)43-29-30-44-42-28-25-38(34-15-6-2-7-16-34)32-46(42)50(48(44)47(43)49)39-19-8-3-9-20-39;1-4-12-33(13-5-1)35-20-22-36(23-21-35)37-24-27-40(28-25-37)49-45-19-11-10-18-41(45)43-30-31-44-42-29-26-38(34-14-6-2-7-15-34)32-46(42)50(48(44)47(43)49)39-16-8-3-9-17-39/h2*1-32H. The van der Waals surface area contributed by atoms with Crippen LogP contribution in [-0.4, -0.2) is 18.3 Å². The van der Waals surface area contributed by atoms with Gasteiger partial charge in [-0.1, -0.05) is 309 Å². The van der Waals surface area contributed by atoms with E-state index < -0.39 is 0 Å². The van der Waals surface area contributed by atoms with Gasteiger partial charge in [0.15, 0.2) is 0 Å². The van der Waals surface area contributed by atoms with Gasteiger partial charge in [0.1, 0.15) is 0 Å². The van der Waals surface area contributed by atoms with Crippen LogP contribution < -0.4 is 0 Å². The highest BCUT2D eigenvalue weighted by atomic mass is 15.1. The first kappa shape index (κ1) is 58.1. The summed E-state index contributed by atoms with van der Waals surface area (Å²) in [5, 5.41) is 9.98. The largest absolute Gasteiger partial charge is 0.307 e. The molecule has 4 nitrogen and oxygen atoms in total. The van der Waals surface area contributed by atoms with Gasteiger partial charge in [0, 0.05) is 65.8 Å². The van der Waals surface area contributed by atoms with Crippen molar-refractivity contribution >= 4 is 87.2 Å². The van der Waals surface area contributed by atoms with Crippen LogP contribution in [0.25, 0.3) is 177 Å². The van der Waals surface area contributed by atoms with Crippen LogP contribution >= 0.6 is 0 Å². The summed E-state index contributed by atoms with van der Waals surface area (Å²) < 4.78 is 9.87. The smallest absolute Gasteiger partial charge is 0.0788 e. The maximum Gasteiger partial charge on any atom is 0.0788 e. The van der Waals surface area contributed by atoms with Crippen molar-refractivity contribution in [3.63, 3.8) is 0 Å². The van der Waals surface area contributed by atoms with E-state index in [4.69, 9.17) is 0 Å². The monoisotopic (exact) mass is 1270 g/mol. The summed E-state index contributed by atoms with van der Waals surface area (Å²) in [6.07, 6.45) is 0. The molecule has 0 unspecified atom stereocenters. The lowest BCUT2D eigenvalue weighted by Gasteiger charge is -2.13. The van der Waals surface area contributed by atoms with Crippen LogP contribution in [0.2, 0.25) is 0 Å². The molecule has 468 valence electrons. The van der Waals surface area contributed by atoms with E-state index in [2.05, 4.69) is 407 Å². The van der Waals surface area contributed by atoms with Gasteiger partial charge >= 0.3 is 0 Å². The molecule has 0 radical (unpaired) electrons. The first-order chi connectivity index (χ1) is 49.6. The SMILES string of the molecule is c1ccc(-c2ccc(-c3ccc(-n4c5ccccc5c5ccc6c7ccc(-c8ccccc8)cc7n(-c7ccccc7)c6c54)cc3)cc2)cc1.c1ccc(-c2cccc(-c3ccc(-n4c5ccccc5c5ccc6c7ccc(-c8ccccc8)cc7n(-c7ccccc7)c6c54)cc3)c2)cc1. The van der Waals surface area contributed by atoms with Gasteiger partial charge in [-0.15, -0.1) is 0 Å². The van der Waals surface area contributed by atoms with Gasteiger partial charge in [-0.25, -0.2) is 0 Å². The second-order valence-corrected chi connectivity index (χ2v) is 25.9. The van der Waals surface area contributed by atoms with E-state index in [0.29, 0.717) is 0 Å². The fraction of sp³-hybridized carbons (Fsp3) is 0. The predicted molar refractivity (Wildman–Crippen MR) is 423 cm³/mol. The number of fused-ring (bicyclic) bond motifs is 14. The lowest BCUT2D eigenvalue weighted by Crippen LogP contribution is -1.98. The third kappa shape index (κ3) is 9.92. The maximum atomic E-state index is 2.47. The zero-order chi connectivity index (χ0) is 66.0. The van der Waals surface area contributed by atoms with E-state index in [0.717, 1.165) is 22.7 Å². The predicted octanol–water partition coefficient (Wildman–Crippen LogP) is 25.8. The molecule has 0 saturated heterocycles. The third-order valence-corrected chi connectivity index (χ3v) is 20.2. The lowest BCUT2D eigenvalue weighted by molar-refractivity contribution is 1.15. The lowest BCUT2D eigenvalue weighted by atomic mass is 9.99. The maximum absolute atomic E-state index is 2.47. The van der Waals surface area contributed by atoms with Crippen molar-refractivity contribution in [3.8, 4) is 89.5 Å². The molecule has 0 amide bonds. The fourth-order valence-electron chi connectivity index (χ4n) is 15.5. The first-order valence-electron chi connectivity index (χ1n) is 34.4. The summed E-state index contributed by atoms with van der Waals surface area (Å²) in [5.41, 5.74) is 28.8. The van der Waals surface area contributed by atoms with Crippen molar-refractivity contribution in [2.75, 3.05) is 0 Å². The Morgan fingerprint density at radius 2 is 0.330 bits per heavy atom. The van der Waals surface area contributed by atoms with Crippen LogP contribution in [0.1, 0.15) is 0 Å². The molecule has 20 aromatic rings. The molecular weight excluding hydrogens is 1210 g/mol. The van der Waals surface area contributed by atoms with Gasteiger partial charge in [0.05, 0.1) is 44.1 Å². The van der Waals surface area contributed by atoms with Gasteiger partial charge < -0.3 is 18.3 Å². The van der Waals surface area contributed by atoms with E-state index in [1.807, 2.05) is 0 Å². The summed E-state index contributed by atoms with van der Waals surface area (Å²) in [6, 6.07) is 141. The van der Waals surface area contributed by atoms with Gasteiger partial charge in [0.25, 0.3) is 0 Å². The van der Waals surface area contributed by atoms with E-state index in [-0.39, 0.29) is 0 Å². The summed E-state index contributed by atoms with van der Waals surface area (Å²) in [7, 11) is 0. The van der Waals surface area contributed by atoms with Crippen LogP contribution in [0.15, 0.2) is 388 Å². The van der Waals surface area contributed by atoms with Crippen molar-refractivity contribution in [1.29, 1.82) is 0 Å². The van der Waals surface area contributed by atoms with E-state index in [9.17, 15) is 0 Å². The number of rotatable bonds is 10. The van der Waals surface area contributed by atoms with E-state index in [1.165, 1.54) is 154 Å². The summed E-state index contributed by atoms with van der Waals surface area (Å²) in [5.74, 6) is 0. The van der Waals surface area contributed by atoms with Crippen molar-refractivity contribution in [2.45, 2.75) is 0 Å². The van der Waals surface area contributed by atoms with Gasteiger partial charge in [0.2, 0.25) is 0 Å². The molecule has 0 aliphatic carbocycles. The summed E-state index contributed by atoms with van der Waals surface area (Å²) >= 11 is 0. The molecule has 0 N–H and O–H groups in total. The topological polar surface area (TPSA) is 19.7 Å². The number of aromatic nitrogens is 4. The quantitative estimate of drug-likeness (QED) is 0.130. The fourth-order valence-corrected chi connectivity index (χ4v) is 15.5. The second kappa shape index (κ2) is 24.4. The molecule has 0 saturated carbocycles. The number of benzene rings is 16. The number of para-hydroxylation sites is 4. The zero-order valence-corrected chi connectivity index (χ0v) is 54.7. The van der Waals surface area contributed by atoms with Crippen LogP contribution in [0.3, 0.4) is 0 Å². The Morgan fingerprint density at radius 1 is 0.120 bits per heavy atom. The summed E-state index contributed by atoms with van der Waals surface area (Å²) in [4.78, 5) is 0. The Hall–Kier alpha value is -13.3. The van der Waals surface area contributed by atoms with Crippen molar-refractivity contribution in [1.82, 2.24) is 18.3 Å². The number of nitrogens with zero attached hydrogens (tertiary/aromatic N) is 4. The average Bonchev–Trinajstić information content (AvgIpc) is 1.55. The molecule has 0 aliphatic rings. The highest BCUT2D eigenvalue weighted by Crippen LogP contribution is 2.46. The molecule has 0 aliphatic heterocycles. The third-order valence-electron chi connectivity index (χ3n) is 20.2. The van der Waals surface area contributed by atoms with Crippen molar-refractivity contribution in [3.05, 3.63) is 388 Å². The molecule has 0 spiro atoms.